The fourth-order valence-corrected chi connectivity index (χ4v) is 3.57. The smallest absolute Gasteiger partial charge is 0.238 e. The summed E-state index contributed by atoms with van der Waals surface area (Å²) in [7, 11) is -3.65. The van der Waals surface area contributed by atoms with Crippen LogP contribution in [-0.4, -0.2) is 14.3 Å². The molecular weight excluding hydrogens is 276 g/mol. The van der Waals surface area contributed by atoms with E-state index < -0.39 is 10.0 Å². The van der Waals surface area contributed by atoms with Gasteiger partial charge in [-0.25, -0.2) is 13.6 Å². The Morgan fingerprint density at radius 3 is 2.30 bits per heavy atom. The zero-order valence-corrected chi connectivity index (χ0v) is 11.9. The summed E-state index contributed by atoms with van der Waals surface area (Å²) < 4.78 is 22.3. The third kappa shape index (κ3) is 2.86. The monoisotopic (exact) mass is 294 g/mol. The van der Waals surface area contributed by atoms with Crippen molar-refractivity contribution in [1.82, 2.24) is 5.32 Å². The number of primary sulfonamides is 1. The minimum absolute atomic E-state index is 0.0865. The van der Waals surface area contributed by atoms with Crippen LogP contribution in [0.3, 0.4) is 0 Å². The summed E-state index contributed by atoms with van der Waals surface area (Å²) in [5, 5.41) is 7.95. The molecule has 3 N–H and O–H groups in total. The molecule has 2 aliphatic carbocycles. The third-order valence-corrected chi connectivity index (χ3v) is 5.26. The Hall–Kier alpha value is -1.40. The molecule has 20 heavy (non-hydrogen) atoms. The van der Waals surface area contributed by atoms with E-state index >= 15 is 0 Å². The van der Waals surface area contributed by atoms with Crippen LogP contribution in [0.2, 0.25) is 0 Å². The second kappa shape index (κ2) is 4.86. The highest BCUT2D eigenvalue weighted by Gasteiger charge is 2.47. The van der Waals surface area contributed by atoms with Crippen molar-refractivity contribution in [3.63, 3.8) is 0 Å². The van der Waals surface area contributed by atoms with E-state index in [0.717, 1.165) is 30.2 Å². The Balaban J connectivity index is 1.54. The van der Waals surface area contributed by atoms with Crippen molar-refractivity contribution in [2.75, 3.05) is 0 Å². The van der Waals surface area contributed by atoms with Crippen LogP contribution in [0, 0.1) is 17.8 Å². The van der Waals surface area contributed by atoms with Gasteiger partial charge >= 0.3 is 0 Å². The highest BCUT2D eigenvalue weighted by atomic mass is 32.2. The molecule has 0 radical (unpaired) electrons. The predicted molar refractivity (Wildman–Crippen MR) is 74.0 cm³/mol. The minimum Gasteiger partial charge on any atom is -0.352 e. The molecule has 1 amide bonds. The molecule has 2 unspecified atom stereocenters. The van der Waals surface area contributed by atoms with Crippen LogP contribution >= 0.6 is 0 Å². The van der Waals surface area contributed by atoms with Crippen molar-refractivity contribution in [3.8, 4) is 0 Å². The number of sulfonamides is 1. The van der Waals surface area contributed by atoms with Gasteiger partial charge in [0.25, 0.3) is 0 Å². The standard InChI is InChI=1S/C14H18N2O3S/c15-20(18,19)13-3-1-9(2-4-13)8-16-14(17)12-6-10-5-11(10)7-12/h1-4,10-12H,5-8H2,(H,16,17)(H2,15,18,19). The molecule has 0 bridgehead atoms. The zero-order chi connectivity index (χ0) is 14.3. The molecule has 2 aliphatic rings. The van der Waals surface area contributed by atoms with E-state index in [0.29, 0.717) is 6.54 Å². The lowest BCUT2D eigenvalue weighted by molar-refractivity contribution is -0.125. The van der Waals surface area contributed by atoms with Gasteiger partial charge in [0.15, 0.2) is 0 Å². The summed E-state index contributed by atoms with van der Waals surface area (Å²) in [5.41, 5.74) is 0.869. The Bertz CT molecular complexity index is 614. The first-order valence-corrected chi connectivity index (χ1v) is 8.37. The first-order valence-electron chi connectivity index (χ1n) is 6.83. The molecule has 0 aliphatic heterocycles. The number of benzene rings is 1. The number of fused-ring (bicyclic) bond motifs is 1. The predicted octanol–water partition coefficient (Wildman–Crippen LogP) is 0.996. The maximum atomic E-state index is 12.0. The van der Waals surface area contributed by atoms with E-state index in [1.807, 2.05) is 0 Å². The lowest BCUT2D eigenvalue weighted by atomic mass is 10.0. The van der Waals surface area contributed by atoms with Gasteiger partial charge in [0.1, 0.15) is 0 Å². The third-order valence-electron chi connectivity index (χ3n) is 4.33. The second-order valence-corrected chi connectivity index (χ2v) is 7.39. The highest BCUT2D eigenvalue weighted by molar-refractivity contribution is 7.89. The SMILES string of the molecule is NS(=O)(=O)c1ccc(CNC(=O)C2CC3CC3C2)cc1. The fourth-order valence-electron chi connectivity index (χ4n) is 3.06. The van der Waals surface area contributed by atoms with E-state index in [4.69, 9.17) is 5.14 Å². The molecule has 6 heteroatoms. The van der Waals surface area contributed by atoms with Crippen LogP contribution < -0.4 is 10.5 Å². The summed E-state index contributed by atoms with van der Waals surface area (Å²) >= 11 is 0. The van der Waals surface area contributed by atoms with Crippen LogP contribution in [0.25, 0.3) is 0 Å². The van der Waals surface area contributed by atoms with E-state index in [1.165, 1.54) is 18.6 Å². The molecule has 2 saturated carbocycles. The molecular formula is C14H18N2O3S. The largest absolute Gasteiger partial charge is 0.352 e. The van der Waals surface area contributed by atoms with Crippen molar-refractivity contribution in [1.29, 1.82) is 0 Å². The number of carbonyl (C=O) groups is 1. The number of nitrogens with one attached hydrogen (secondary N) is 1. The second-order valence-electron chi connectivity index (χ2n) is 5.83. The van der Waals surface area contributed by atoms with Gasteiger partial charge in [0.2, 0.25) is 15.9 Å². The Kier molecular flexibility index (Phi) is 3.30. The Labute approximate surface area is 118 Å². The van der Waals surface area contributed by atoms with Crippen molar-refractivity contribution in [2.45, 2.75) is 30.7 Å². The maximum absolute atomic E-state index is 12.0. The van der Waals surface area contributed by atoms with E-state index in [9.17, 15) is 13.2 Å². The van der Waals surface area contributed by atoms with Crippen molar-refractivity contribution in [2.24, 2.45) is 22.9 Å². The summed E-state index contributed by atoms with van der Waals surface area (Å²) in [6.07, 6.45) is 3.36. The van der Waals surface area contributed by atoms with Crippen LogP contribution in [0.1, 0.15) is 24.8 Å². The van der Waals surface area contributed by atoms with Gasteiger partial charge in [-0.05, 0) is 48.8 Å². The molecule has 1 aromatic rings. The van der Waals surface area contributed by atoms with Gasteiger partial charge in [0, 0.05) is 12.5 Å². The quantitative estimate of drug-likeness (QED) is 0.868. The molecule has 2 fully saturated rings. The van der Waals surface area contributed by atoms with Crippen LogP contribution in [0.4, 0.5) is 0 Å². The van der Waals surface area contributed by atoms with Gasteiger partial charge in [-0.3, -0.25) is 4.79 Å². The summed E-state index contributed by atoms with van der Waals surface area (Å²) in [5.74, 6) is 1.87. The van der Waals surface area contributed by atoms with Crippen molar-refractivity contribution < 1.29 is 13.2 Å². The first-order chi connectivity index (χ1) is 9.43. The van der Waals surface area contributed by atoms with Gasteiger partial charge in [-0.2, -0.15) is 0 Å². The van der Waals surface area contributed by atoms with E-state index in [1.54, 1.807) is 12.1 Å². The zero-order valence-electron chi connectivity index (χ0n) is 11.1. The van der Waals surface area contributed by atoms with E-state index in [2.05, 4.69) is 5.32 Å². The summed E-state index contributed by atoms with van der Waals surface area (Å²) in [4.78, 5) is 12.1. The van der Waals surface area contributed by atoms with Crippen LogP contribution in [0.5, 0.6) is 0 Å². The van der Waals surface area contributed by atoms with Crippen LogP contribution in [-0.2, 0) is 21.4 Å². The average Bonchev–Trinajstić information content (AvgIpc) is 3.02. The molecule has 0 spiro atoms. The molecule has 0 heterocycles. The Morgan fingerprint density at radius 2 is 1.75 bits per heavy atom. The molecule has 0 saturated heterocycles. The summed E-state index contributed by atoms with van der Waals surface area (Å²) in [6, 6.07) is 6.27. The van der Waals surface area contributed by atoms with Gasteiger partial charge < -0.3 is 5.32 Å². The number of carbonyl (C=O) groups excluding carboxylic acids is 1. The molecule has 2 atom stereocenters. The lowest BCUT2D eigenvalue weighted by Gasteiger charge is -2.12. The first kappa shape index (κ1) is 13.6. The van der Waals surface area contributed by atoms with Gasteiger partial charge in [-0.15, -0.1) is 0 Å². The topological polar surface area (TPSA) is 89.3 Å². The molecule has 5 nitrogen and oxygen atoms in total. The number of amides is 1. The fraction of sp³-hybridized carbons (Fsp3) is 0.500. The Morgan fingerprint density at radius 1 is 1.15 bits per heavy atom. The normalized spacial score (nSPS) is 27.9. The average molecular weight is 294 g/mol. The number of hydrogen-bond donors (Lipinski definition) is 2. The number of nitrogens with two attached hydrogens (primary N) is 1. The molecule has 1 aromatic carbocycles. The summed E-state index contributed by atoms with van der Waals surface area (Å²) in [6.45, 7) is 0.426. The van der Waals surface area contributed by atoms with Crippen molar-refractivity contribution >= 4 is 15.9 Å². The van der Waals surface area contributed by atoms with Crippen LogP contribution in [0.15, 0.2) is 29.2 Å². The molecule has 3 rings (SSSR count). The lowest BCUT2D eigenvalue weighted by Crippen LogP contribution is -2.29. The van der Waals surface area contributed by atoms with Gasteiger partial charge in [0.05, 0.1) is 4.90 Å². The maximum Gasteiger partial charge on any atom is 0.238 e. The van der Waals surface area contributed by atoms with E-state index in [-0.39, 0.29) is 16.7 Å². The molecule has 108 valence electrons. The number of rotatable bonds is 4. The van der Waals surface area contributed by atoms with Crippen molar-refractivity contribution in [3.05, 3.63) is 29.8 Å². The van der Waals surface area contributed by atoms with Gasteiger partial charge in [-0.1, -0.05) is 12.1 Å². The highest BCUT2D eigenvalue weighted by Crippen LogP contribution is 2.54. The minimum atomic E-state index is -3.65. The number of hydrogen-bond acceptors (Lipinski definition) is 3. The molecule has 0 aromatic heterocycles.